The van der Waals surface area contributed by atoms with Gasteiger partial charge in [0.2, 0.25) is 5.88 Å². The number of aromatic nitrogens is 3. The van der Waals surface area contributed by atoms with Gasteiger partial charge in [-0.05, 0) is 21.0 Å². The van der Waals surface area contributed by atoms with Crippen molar-refractivity contribution in [2.45, 2.75) is 32.2 Å². The van der Waals surface area contributed by atoms with E-state index in [1.807, 2.05) is 50.2 Å². The normalized spacial score (nSPS) is 18.1. The molecule has 1 saturated heterocycles. The molecule has 2 atom stereocenters. The van der Waals surface area contributed by atoms with Crippen molar-refractivity contribution in [1.82, 2.24) is 25.2 Å². The summed E-state index contributed by atoms with van der Waals surface area (Å²) in [6.07, 6.45) is 0. The van der Waals surface area contributed by atoms with E-state index in [2.05, 4.69) is 15.6 Å². The zero-order valence-corrected chi connectivity index (χ0v) is 19.2. The Bertz CT molecular complexity index is 1110. The van der Waals surface area contributed by atoms with Crippen LogP contribution >= 0.6 is 0 Å². The number of benzene rings is 1. The molecule has 0 radical (unpaired) electrons. The summed E-state index contributed by atoms with van der Waals surface area (Å²) < 4.78 is 18.2. The van der Waals surface area contributed by atoms with Gasteiger partial charge in [0.15, 0.2) is 5.76 Å². The van der Waals surface area contributed by atoms with E-state index in [-0.39, 0.29) is 37.1 Å². The Balaban J connectivity index is 1.47. The van der Waals surface area contributed by atoms with Crippen LogP contribution in [0.5, 0.6) is 5.88 Å². The number of aryl methyl sites for hydroxylation is 2. The van der Waals surface area contributed by atoms with Gasteiger partial charge in [-0.1, -0.05) is 35.0 Å². The number of aliphatic hydroxyl groups excluding tert-OH is 1. The van der Waals surface area contributed by atoms with Gasteiger partial charge < -0.3 is 29.3 Å². The van der Waals surface area contributed by atoms with Crippen LogP contribution in [0.25, 0.3) is 11.3 Å². The summed E-state index contributed by atoms with van der Waals surface area (Å²) in [7, 11) is 5.61. The number of amides is 1. The molecule has 1 fully saturated rings. The summed E-state index contributed by atoms with van der Waals surface area (Å²) in [5.41, 5.74) is 3.60. The molecule has 1 aliphatic rings. The molecule has 33 heavy (non-hydrogen) atoms. The zero-order valence-electron chi connectivity index (χ0n) is 19.2. The van der Waals surface area contributed by atoms with E-state index >= 15 is 0 Å². The van der Waals surface area contributed by atoms with Crippen molar-refractivity contribution < 1.29 is 23.9 Å². The SMILES string of the molecule is Cc1ccc(-c2noc(CO)c2COc2cc(C(=O)NC3COCC3N(C)C)n(C)n2)cc1. The van der Waals surface area contributed by atoms with Gasteiger partial charge in [0.25, 0.3) is 5.91 Å². The van der Waals surface area contributed by atoms with Crippen molar-refractivity contribution in [3.8, 4) is 17.1 Å². The van der Waals surface area contributed by atoms with Gasteiger partial charge in [0.05, 0.1) is 30.9 Å². The Labute approximate surface area is 192 Å². The van der Waals surface area contributed by atoms with Crippen molar-refractivity contribution >= 4 is 5.91 Å². The second-order valence-corrected chi connectivity index (χ2v) is 8.39. The molecule has 3 heterocycles. The van der Waals surface area contributed by atoms with Crippen molar-refractivity contribution in [2.75, 3.05) is 27.3 Å². The van der Waals surface area contributed by atoms with Gasteiger partial charge in [0, 0.05) is 18.7 Å². The molecule has 0 bridgehead atoms. The highest BCUT2D eigenvalue weighted by Crippen LogP contribution is 2.27. The first-order valence-corrected chi connectivity index (χ1v) is 10.7. The number of hydrogen-bond acceptors (Lipinski definition) is 8. The highest BCUT2D eigenvalue weighted by atomic mass is 16.5. The van der Waals surface area contributed by atoms with E-state index in [9.17, 15) is 9.90 Å². The first-order valence-electron chi connectivity index (χ1n) is 10.7. The highest BCUT2D eigenvalue weighted by Gasteiger charge is 2.32. The molecule has 0 spiro atoms. The number of nitrogens with zero attached hydrogens (tertiary/aromatic N) is 4. The zero-order chi connectivity index (χ0) is 23.5. The third-order valence-electron chi connectivity index (χ3n) is 5.82. The van der Waals surface area contributed by atoms with Gasteiger partial charge in [-0.3, -0.25) is 9.48 Å². The van der Waals surface area contributed by atoms with Crippen LogP contribution in [0.2, 0.25) is 0 Å². The average Bonchev–Trinajstić information content (AvgIpc) is 3.50. The Morgan fingerprint density at radius 3 is 2.76 bits per heavy atom. The summed E-state index contributed by atoms with van der Waals surface area (Å²) in [4.78, 5) is 14.9. The third-order valence-corrected chi connectivity index (χ3v) is 5.82. The average molecular weight is 456 g/mol. The molecule has 1 aromatic carbocycles. The summed E-state index contributed by atoms with van der Waals surface area (Å²) in [6.45, 7) is 2.83. The fourth-order valence-corrected chi connectivity index (χ4v) is 3.86. The van der Waals surface area contributed by atoms with Gasteiger partial charge in [-0.2, -0.15) is 0 Å². The molecular weight excluding hydrogens is 426 g/mol. The maximum atomic E-state index is 12.8. The maximum absolute atomic E-state index is 12.8. The Morgan fingerprint density at radius 1 is 1.30 bits per heavy atom. The molecule has 3 aromatic rings. The number of hydrogen-bond donors (Lipinski definition) is 2. The molecule has 2 aromatic heterocycles. The number of ether oxygens (including phenoxy) is 2. The van der Waals surface area contributed by atoms with Crippen molar-refractivity contribution in [3.05, 3.63) is 52.9 Å². The standard InChI is InChI=1S/C23H29N5O5/c1-14-5-7-15(8-6-14)22-16(20(10-29)33-26-22)11-32-21-9-18(28(4)25-21)23(30)24-17-12-31-13-19(17)27(2)3/h5-9,17,19,29H,10-13H2,1-4H3,(H,24,30). The molecule has 2 unspecified atom stereocenters. The van der Waals surface area contributed by atoms with Crippen molar-refractivity contribution in [1.29, 1.82) is 0 Å². The summed E-state index contributed by atoms with van der Waals surface area (Å²) >= 11 is 0. The molecule has 0 saturated carbocycles. The van der Waals surface area contributed by atoms with Crippen LogP contribution in [0.15, 0.2) is 34.9 Å². The molecule has 2 N–H and O–H groups in total. The van der Waals surface area contributed by atoms with Gasteiger partial charge >= 0.3 is 0 Å². The predicted octanol–water partition coefficient (Wildman–Crippen LogP) is 1.51. The topological polar surface area (TPSA) is 115 Å². The second-order valence-electron chi connectivity index (χ2n) is 8.39. The highest BCUT2D eigenvalue weighted by molar-refractivity contribution is 5.93. The van der Waals surface area contributed by atoms with E-state index in [1.54, 1.807) is 13.1 Å². The first kappa shape index (κ1) is 23.0. The quantitative estimate of drug-likeness (QED) is 0.525. The van der Waals surface area contributed by atoms with Gasteiger partial charge in [0.1, 0.15) is 24.6 Å². The lowest BCUT2D eigenvalue weighted by Gasteiger charge is -2.24. The van der Waals surface area contributed by atoms with Crippen LogP contribution in [-0.4, -0.2) is 70.2 Å². The molecule has 10 heteroatoms. The number of carbonyl (C=O) groups is 1. The van der Waals surface area contributed by atoms with E-state index in [0.29, 0.717) is 35.9 Å². The van der Waals surface area contributed by atoms with E-state index in [4.69, 9.17) is 14.0 Å². The first-order chi connectivity index (χ1) is 15.9. The van der Waals surface area contributed by atoms with Crippen LogP contribution in [0.1, 0.15) is 27.4 Å². The lowest BCUT2D eigenvalue weighted by Crippen LogP contribution is -2.48. The van der Waals surface area contributed by atoms with Crippen LogP contribution < -0.4 is 10.1 Å². The molecular formula is C23H29N5O5. The lowest BCUT2D eigenvalue weighted by atomic mass is 10.1. The van der Waals surface area contributed by atoms with E-state index < -0.39 is 0 Å². The lowest BCUT2D eigenvalue weighted by molar-refractivity contribution is 0.0911. The minimum Gasteiger partial charge on any atom is -0.471 e. The van der Waals surface area contributed by atoms with E-state index in [1.165, 1.54) is 4.68 Å². The number of likely N-dealkylation sites (N-methyl/N-ethyl adjacent to an activating group) is 1. The molecule has 176 valence electrons. The smallest absolute Gasteiger partial charge is 0.270 e. The number of aliphatic hydroxyl groups is 1. The van der Waals surface area contributed by atoms with Crippen LogP contribution in [0, 0.1) is 6.92 Å². The monoisotopic (exact) mass is 455 g/mol. The minimum atomic E-state index is -0.302. The molecule has 0 aliphatic carbocycles. The number of rotatable bonds is 8. The molecule has 10 nitrogen and oxygen atoms in total. The van der Waals surface area contributed by atoms with Gasteiger partial charge in [-0.25, -0.2) is 0 Å². The summed E-state index contributed by atoms with van der Waals surface area (Å²) in [6, 6.07) is 9.44. The van der Waals surface area contributed by atoms with Crippen LogP contribution in [-0.2, 0) is 25.0 Å². The van der Waals surface area contributed by atoms with Crippen molar-refractivity contribution in [3.63, 3.8) is 0 Å². The minimum absolute atomic E-state index is 0.0832. The third kappa shape index (κ3) is 4.92. The Hall–Kier alpha value is -3.21. The Kier molecular flexibility index (Phi) is 6.77. The van der Waals surface area contributed by atoms with Crippen LogP contribution in [0.4, 0.5) is 0 Å². The number of carbonyl (C=O) groups excluding carboxylic acids is 1. The molecule has 1 amide bonds. The van der Waals surface area contributed by atoms with Crippen molar-refractivity contribution in [2.24, 2.45) is 7.05 Å². The maximum Gasteiger partial charge on any atom is 0.270 e. The number of nitrogens with one attached hydrogen (secondary N) is 1. The fourth-order valence-electron chi connectivity index (χ4n) is 3.86. The predicted molar refractivity (Wildman–Crippen MR) is 120 cm³/mol. The largest absolute Gasteiger partial charge is 0.471 e. The molecule has 1 aliphatic heterocycles. The fraction of sp³-hybridized carbons (Fsp3) is 0.435. The second kappa shape index (κ2) is 9.74. The summed E-state index contributed by atoms with van der Waals surface area (Å²) in [5, 5.41) is 21.1. The summed E-state index contributed by atoms with van der Waals surface area (Å²) in [5.74, 6) is 0.369. The van der Waals surface area contributed by atoms with E-state index in [0.717, 1.165) is 11.1 Å². The Morgan fingerprint density at radius 2 is 2.06 bits per heavy atom. The van der Waals surface area contributed by atoms with Gasteiger partial charge in [-0.15, -0.1) is 5.10 Å². The van der Waals surface area contributed by atoms with Crippen LogP contribution in [0.3, 0.4) is 0 Å². The molecule has 4 rings (SSSR count).